The molecule has 0 spiro atoms. The lowest BCUT2D eigenvalue weighted by molar-refractivity contribution is 0.427. The SMILES string of the molecule is CCc1ccc(-c2nnc(C(C)NC)o2)o1. The fraction of sp³-hybridized carbons (Fsp3) is 0.455. The van der Waals surface area contributed by atoms with Gasteiger partial charge < -0.3 is 14.2 Å². The molecule has 16 heavy (non-hydrogen) atoms. The Labute approximate surface area is 93.9 Å². The summed E-state index contributed by atoms with van der Waals surface area (Å²) in [5, 5.41) is 10.9. The van der Waals surface area contributed by atoms with E-state index in [0.29, 0.717) is 17.5 Å². The molecule has 0 bridgehead atoms. The molecule has 2 aromatic rings. The molecule has 2 heterocycles. The van der Waals surface area contributed by atoms with E-state index in [1.807, 2.05) is 33.0 Å². The van der Waals surface area contributed by atoms with E-state index < -0.39 is 0 Å². The van der Waals surface area contributed by atoms with E-state index in [4.69, 9.17) is 8.83 Å². The Morgan fingerprint density at radius 1 is 1.31 bits per heavy atom. The Kier molecular flexibility index (Phi) is 3.05. The number of rotatable bonds is 4. The lowest BCUT2D eigenvalue weighted by Crippen LogP contribution is -2.12. The molecule has 2 rings (SSSR count). The number of hydrogen-bond donors (Lipinski definition) is 1. The summed E-state index contributed by atoms with van der Waals surface area (Å²) in [6, 6.07) is 3.81. The second-order valence-electron chi connectivity index (χ2n) is 3.58. The van der Waals surface area contributed by atoms with Crippen molar-refractivity contribution in [3.63, 3.8) is 0 Å². The zero-order chi connectivity index (χ0) is 11.5. The number of aromatic nitrogens is 2. The number of aryl methyl sites for hydroxylation is 1. The molecule has 0 amide bonds. The summed E-state index contributed by atoms with van der Waals surface area (Å²) in [4.78, 5) is 0. The van der Waals surface area contributed by atoms with Gasteiger partial charge in [0.05, 0.1) is 6.04 Å². The maximum absolute atomic E-state index is 5.53. The molecule has 5 nitrogen and oxygen atoms in total. The van der Waals surface area contributed by atoms with Crippen molar-refractivity contribution in [3.8, 4) is 11.7 Å². The van der Waals surface area contributed by atoms with Crippen LogP contribution in [0.15, 0.2) is 21.0 Å². The van der Waals surface area contributed by atoms with Gasteiger partial charge in [0.2, 0.25) is 5.89 Å². The van der Waals surface area contributed by atoms with Crippen LogP contribution in [0.2, 0.25) is 0 Å². The molecule has 0 saturated heterocycles. The number of nitrogens with zero attached hydrogens (tertiary/aromatic N) is 2. The van der Waals surface area contributed by atoms with Crippen molar-refractivity contribution >= 4 is 0 Å². The van der Waals surface area contributed by atoms with Crippen LogP contribution in [0.3, 0.4) is 0 Å². The second kappa shape index (κ2) is 4.49. The predicted molar refractivity (Wildman–Crippen MR) is 58.9 cm³/mol. The third-order valence-corrected chi connectivity index (χ3v) is 2.46. The van der Waals surface area contributed by atoms with Crippen molar-refractivity contribution in [2.75, 3.05) is 7.05 Å². The van der Waals surface area contributed by atoms with Crippen LogP contribution in [0.25, 0.3) is 11.7 Å². The molecule has 0 aliphatic carbocycles. The van der Waals surface area contributed by atoms with Crippen LogP contribution in [0.5, 0.6) is 0 Å². The summed E-state index contributed by atoms with van der Waals surface area (Å²) < 4.78 is 11.0. The highest BCUT2D eigenvalue weighted by molar-refractivity contribution is 5.43. The third kappa shape index (κ3) is 1.99. The highest BCUT2D eigenvalue weighted by atomic mass is 16.4. The average Bonchev–Trinajstić information content (AvgIpc) is 2.95. The molecule has 0 aliphatic rings. The summed E-state index contributed by atoms with van der Waals surface area (Å²) >= 11 is 0. The van der Waals surface area contributed by atoms with Crippen LogP contribution in [0, 0.1) is 0 Å². The quantitative estimate of drug-likeness (QED) is 0.857. The minimum atomic E-state index is 0.0434. The molecule has 1 unspecified atom stereocenters. The van der Waals surface area contributed by atoms with Crippen molar-refractivity contribution in [1.82, 2.24) is 15.5 Å². The van der Waals surface area contributed by atoms with Gasteiger partial charge in [-0.25, -0.2) is 0 Å². The molecule has 0 aliphatic heterocycles. The third-order valence-electron chi connectivity index (χ3n) is 2.46. The van der Waals surface area contributed by atoms with Crippen LogP contribution >= 0.6 is 0 Å². The lowest BCUT2D eigenvalue weighted by Gasteiger charge is -2.01. The van der Waals surface area contributed by atoms with Gasteiger partial charge in [-0.1, -0.05) is 6.92 Å². The van der Waals surface area contributed by atoms with Crippen LogP contribution in [0.1, 0.15) is 31.5 Å². The van der Waals surface area contributed by atoms with Crippen molar-refractivity contribution in [3.05, 3.63) is 23.8 Å². The van der Waals surface area contributed by atoms with Crippen molar-refractivity contribution < 1.29 is 8.83 Å². The maximum Gasteiger partial charge on any atom is 0.283 e. The molecule has 0 aromatic carbocycles. The highest BCUT2D eigenvalue weighted by Crippen LogP contribution is 2.22. The molecule has 1 N–H and O–H groups in total. The van der Waals surface area contributed by atoms with E-state index in [-0.39, 0.29) is 6.04 Å². The fourth-order valence-electron chi connectivity index (χ4n) is 1.32. The van der Waals surface area contributed by atoms with Gasteiger partial charge in [0, 0.05) is 6.42 Å². The fourth-order valence-corrected chi connectivity index (χ4v) is 1.32. The van der Waals surface area contributed by atoms with E-state index in [1.165, 1.54) is 0 Å². The van der Waals surface area contributed by atoms with Crippen LogP contribution in [0.4, 0.5) is 0 Å². The smallest absolute Gasteiger partial charge is 0.283 e. The molecule has 2 aromatic heterocycles. The van der Waals surface area contributed by atoms with Crippen molar-refractivity contribution in [2.45, 2.75) is 26.3 Å². The van der Waals surface area contributed by atoms with Gasteiger partial charge in [-0.15, -0.1) is 10.2 Å². The van der Waals surface area contributed by atoms with Gasteiger partial charge in [-0.3, -0.25) is 0 Å². The van der Waals surface area contributed by atoms with E-state index in [2.05, 4.69) is 15.5 Å². The second-order valence-corrected chi connectivity index (χ2v) is 3.58. The first-order valence-electron chi connectivity index (χ1n) is 5.34. The van der Waals surface area contributed by atoms with Gasteiger partial charge in [0.15, 0.2) is 5.76 Å². The lowest BCUT2D eigenvalue weighted by atomic mass is 10.3. The average molecular weight is 221 g/mol. The zero-order valence-corrected chi connectivity index (χ0v) is 9.65. The van der Waals surface area contributed by atoms with Gasteiger partial charge in [-0.2, -0.15) is 0 Å². The molecular formula is C11H15N3O2. The van der Waals surface area contributed by atoms with Gasteiger partial charge >= 0.3 is 0 Å². The van der Waals surface area contributed by atoms with Crippen LogP contribution < -0.4 is 5.32 Å². The first-order valence-corrected chi connectivity index (χ1v) is 5.34. The Morgan fingerprint density at radius 3 is 2.75 bits per heavy atom. The largest absolute Gasteiger partial charge is 0.456 e. The highest BCUT2D eigenvalue weighted by Gasteiger charge is 2.15. The van der Waals surface area contributed by atoms with Crippen LogP contribution in [-0.2, 0) is 6.42 Å². The first kappa shape index (κ1) is 10.9. The summed E-state index contributed by atoms with van der Waals surface area (Å²) in [7, 11) is 1.84. The molecule has 86 valence electrons. The van der Waals surface area contributed by atoms with E-state index in [0.717, 1.165) is 12.2 Å². The maximum atomic E-state index is 5.53. The minimum absolute atomic E-state index is 0.0434. The summed E-state index contributed by atoms with van der Waals surface area (Å²) in [5.41, 5.74) is 0. The van der Waals surface area contributed by atoms with Crippen LogP contribution in [-0.4, -0.2) is 17.2 Å². The minimum Gasteiger partial charge on any atom is -0.456 e. The number of hydrogen-bond acceptors (Lipinski definition) is 5. The Balaban J connectivity index is 2.24. The van der Waals surface area contributed by atoms with Gasteiger partial charge in [0.25, 0.3) is 5.89 Å². The number of furan rings is 1. The zero-order valence-electron chi connectivity index (χ0n) is 9.65. The monoisotopic (exact) mass is 221 g/mol. The summed E-state index contributed by atoms with van der Waals surface area (Å²) in [6.45, 7) is 3.99. The first-order chi connectivity index (χ1) is 7.74. The van der Waals surface area contributed by atoms with Crippen molar-refractivity contribution in [2.24, 2.45) is 0 Å². The number of nitrogens with one attached hydrogen (secondary N) is 1. The van der Waals surface area contributed by atoms with Gasteiger partial charge in [-0.05, 0) is 26.1 Å². The van der Waals surface area contributed by atoms with E-state index in [9.17, 15) is 0 Å². The summed E-state index contributed by atoms with van der Waals surface area (Å²) in [5.74, 6) is 2.53. The Hall–Kier alpha value is -1.62. The van der Waals surface area contributed by atoms with E-state index >= 15 is 0 Å². The topological polar surface area (TPSA) is 64.1 Å². The molecule has 0 fully saturated rings. The van der Waals surface area contributed by atoms with E-state index in [1.54, 1.807) is 0 Å². The Morgan fingerprint density at radius 2 is 2.12 bits per heavy atom. The molecule has 1 atom stereocenters. The summed E-state index contributed by atoms with van der Waals surface area (Å²) in [6.07, 6.45) is 0.855. The van der Waals surface area contributed by atoms with Gasteiger partial charge in [0.1, 0.15) is 5.76 Å². The van der Waals surface area contributed by atoms with Crippen molar-refractivity contribution in [1.29, 1.82) is 0 Å². The Bertz CT molecular complexity index is 461. The molecule has 0 radical (unpaired) electrons. The predicted octanol–water partition coefficient (Wildman–Crippen LogP) is 2.17. The normalized spacial score (nSPS) is 12.9. The standard InChI is InChI=1S/C11H15N3O2/c1-4-8-5-6-9(15-8)11-14-13-10(16-11)7(2)12-3/h5-7,12H,4H2,1-3H3. The molecular weight excluding hydrogens is 206 g/mol. The molecule has 0 saturated carbocycles. The molecule has 5 heteroatoms.